The zero-order chi connectivity index (χ0) is 16.6. The van der Waals surface area contributed by atoms with Crippen LogP contribution in [0, 0.1) is 0 Å². The fourth-order valence-corrected chi connectivity index (χ4v) is 0.956. The molecule has 1 amide bonds. The normalized spacial score (nSPS) is 10.6. The van der Waals surface area contributed by atoms with Crippen molar-refractivity contribution in [1.29, 1.82) is 0 Å². The number of alkyl carbamates (subject to hydrolysis) is 1. The first-order valence-electron chi connectivity index (χ1n) is 6.91. The highest BCUT2D eigenvalue weighted by molar-refractivity contribution is 5.67. The fraction of sp³-hybridized carbons (Fsp3) is 0.923. The van der Waals surface area contributed by atoms with E-state index in [1.165, 1.54) is 0 Å². The highest BCUT2D eigenvalue weighted by Gasteiger charge is 2.15. The van der Waals surface area contributed by atoms with Gasteiger partial charge in [-0.3, -0.25) is 0 Å². The molecule has 0 heterocycles. The van der Waals surface area contributed by atoms with E-state index in [1.54, 1.807) is 20.8 Å². The number of carbonyl (C=O) groups is 1. The third kappa shape index (κ3) is 24.5. The molecule has 0 aliphatic carbocycles. The lowest BCUT2D eigenvalue weighted by molar-refractivity contribution is 0.0484. The van der Waals surface area contributed by atoms with Crippen LogP contribution in [-0.2, 0) is 14.2 Å². The minimum absolute atomic E-state index is 0.00750. The zero-order valence-electron chi connectivity index (χ0n) is 13.3. The van der Waals surface area contributed by atoms with Crippen LogP contribution < -0.4 is 11.1 Å². The average Bonchev–Trinajstić information content (AvgIpc) is 2.38. The SMILES string of the molecule is CC(C)(C)OC(=O)NCCOCCO.NCCOCCO. The number of hydrogen-bond donors (Lipinski definition) is 4. The van der Waals surface area contributed by atoms with Crippen LogP contribution in [0.3, 0.4) is 0 Å². The molecule has 0 bridgehead atoms. The van der Waals surface area contributed by atoms with Gasteiger partial charge in [-0.15, -0.1) is 0 Å². The molecule has 8 heteroatoms. The summed E-state index contributed by atoms with van der Waals surface area (Å²) in [4.78, 5) is 11.1. The number of hydrogen-bond acceptors (Lipinski definition) is 7. The maximum Gasteiger partial charge on any atom is 0.407 e. The standard InChI is InChI=1S/C9H19NO4.C4H11NO2/c1-9(2,3)14-8(12)10-4-6-13-7-5-11;5-1-3-7-4-2-6/h11H,4-7H2,1-3H3,(H,10,12);6H,1-5H2. The summed E-state index contributed by atoms with van der Waals surface area (Å²) < 4.78 is 14.7. The second kappa shape index (κ2) is 15.5. The molecule has 5 N–H and O–H groups in total. The van der Waals surface area contributed by atoms with Gasteiger partial charge in [-0.1, -0.05) is 0 Å². The highest BCUT2D eigenvalue weighted by Crippen LogP contribution is 2.05. The molecule has 0 aliphatic rings. The molecule has 0 aromatic heterocycles. The van der Waals surface area contributed by atoms with Crippen molar-refractivity contribution < 1.29 is 29.2 Å². The Morgan fingerprint density at radius 3 is 2.00 bits per heavy atom. The van der Waals surface area contributed by atoms with Crippen molar-refractivity contribution in [3.8, 4) is 0 Å². The first kappa shape index (κ1) is 22.4. The van der Waals surface area contributed by atoms with Gasteiger partial charge in [0, 0.05) is 13.1 Å². The Labute approximate surface area is 126 Å². The van der Waals surface area contributed by atoms with Crippen molar-refractivity contribution in [3.63, 3.8) is 0 Å². The van der Waals surface area contributed by atoms with E-state index in [-0.39, 0.29) is 19.8 Å². The molecule has 0 aromatic carbocycles. The number of aliphatic hydroxyl groups excluding tert-OH is 2. The number of aliphatic hydroxyl groups is 2. The fourth-order valence-electron chi connectivity index (χ4n) is 0.956. The van der Waals surface area contributed by atoms with Crippen molar-refractivity contribution in [1.82, 2.24) is 5.32 Å². The Morgan fingerprint density at radius 1 is 1.05 bits per heavy atom. The van der Waals surface area contributed by atoms with Crippen LogP contribution in [0.1, 0.15) is 20.8 Å². The van der Waals surface area contributed by atoms with Crippen LogP contribution in [0.2, 0.25) is 0 Å². The summed E-state index contributed by atoms with van der Waals surface area (Å²) in [5.41, 5.74) is 4.59. The van der Waals surface area contributed by atoms with E-state index >= 15 is 0 Å². The third-order valence-corrected chi connectivity index (χ3v) is 1.65. The van der Waals surface area contributed by atoms with Crippen molar-refractivity contribution in [3.05, 3.63) is 0 Å². The summed E-state index contributed by atoms with van der Waals surface area (Å²) in [5, 5.41) is 19.0. The van der Waals surface area contributed by atoms with Crippen molar-refractivity contribution >= 4 is 6.09 Å². The third-order valence-electron chi connectivity index (χ3n) is 1.65. The van der Waals surface area contributed by atoms with Crippen LogP contribution >= 0.6 is 0 Å². The summed E-state index contributed by atoms with van der Waals surface area (Å²) in [6.07, 6.45) is -0.454. The van der Waals surface area contributed by atoms with Crippen LogP contribution in [0.25, 0.3) is 0 Å². The summed E-state index contributed by atoms with van der Waals surface area (Å²) in [6.45, 7) is 7.99. The predicted molar refractivity (Wildman–Crippen MR) is 79.1 cm³/mol. The van der Waals surface area contributed by atoms with Crippen LogP contribution in [0.5, 0.6) is 0 Å². The van der Waals surface area contributed by atoms with Gasteiger partial charge in [0.1, 0.15) is 5.60 Å². The Morgan fingerprint density at radius 2 is 1.57 bits per heavy atom. The Bertz CT molecular complexity index is 229. The molecule has 0 rings (SSSR count). The van der Waals surface area contributed by atoms with E-state index in [0.717, 1.165) is 0 Å². The summed E-state index contributed by atoms with van der Waals surface area (Å²) in [7, 11) is 0. The number of carbonyl (C=O) groups excluding carboxylic acids is 1. The van der Waals surface area contributed by atoms with Gasteiger partial charge in [0.15, 0.2) is 0 Å². The van der Waals surface area contributed by atoms with E-state index in [4.69, 9.17) is 30.2 Å². The maximum atomic E-state index is 11.1. The average molecular weight is 310 g/mol. The quantitative estimate of drug-likeness (QED) is 0.422. The number of rotatable bonds is 9. The molecule has 0 radical (unpaired) electrons. The molecule has 128 valence electrons. The number of nitrogens with one attached hydrogen (secondary N) is 1. The van der Waals surface area contributed by atoms with Crippen molar-refractivity contribution in [2.24, 2.45) is 5.73 Å². The molecule has 21 heavy (non-hydrogen) atoms. The first-order chi connectivity index (χ1) is 9.87. The molecular formula is C13H30N2O6. The van der Waals surface area contributed by atoms with E-state index in [1.807, 2.05) is 0 Å². The van der Waals surface area contributed by atoms with Crippen molar-refractivity contribution in [2.75, 3.05) is 52.7 Å². The van der Waals surface area contributed by atoms with E-state index in [0.29, 0.717) is 32.9 Å². The Hall–Kier alpha value is -0.930. The molecule has 0 aromatic rings. The minimum Gasteiger partial charge on any atom is -0.444 e. The van der Waals surface area contributed by atoms with Gasteiger partial charge in [-0.2, -0.15) is 0 Å². The van der Waals surface area contributed by atoms with Crippen LogP contribution in [0.15, 0.2) is 0 Å². The first-order valence-corrected chi connectivity index (χ1v) is 6.91. The van der Waals surface area contributed by atoms with Gasteiger partial charge in [-0.25, -0.2) is 4.79 Å². The molecular weight excluding hydrogens is 280 g/mol. The largest absolute Gasteiger partial charge is 0.444 e. The molecule has 0 saturated heterocycles. The minimum atomic E-state index is -0.476. The topological polar surface area (TPSA) is 123 Å². The van der Waals surface area contributed by atoms with Crippen LogP contribution in [-0.4, -0.2) is 74.6 Å². The van der Waals surface area contributed by atoms with Gasteiger partial charge in [-0.05, 0) is 20.8 Å². The van der Waals surface area contributed by atoms with Gasteiger partial charge in [0.2, 0.25) is 0 Å². The lowest BCUT2D eigenvalue weighted by Gasteiger charge is -2.19. The summed E-state index contributed by atoms with van der Waals surface area (Å²) in [6, 6.07) is 0. The smallest absolute Gasteiger partial charge is 0.407 e. The maximum absolute atomic E-state index is 11.1. The van der Waals surface area contributed by atoms with E-state index < -0.39 is 11.7 Å². The lowest BCUT2D eigenvalue weighted by Crippen LogP contribution is -2.34. The highest BCUT2D eigenvalue weighted by atomic mass is 16.6. The number of ether oxygens (including phenoxy) is 3. The Balaban J connectivity index is 0. The predicted octanol–water partition coefficient (Wildman–Crippen LogP) is -0.526. The lowest BCUT2D eigenvalue weighted by atomic mass is 10.2. The van der Waals surface area contributed by atoms with E-state index in [9.17, 15) is 4.79 Å². The Kier molecular flexibility index (Phi) is 16.5. The van der Waals surface area contributed by atoms with Crippen LogP contribution in [0.4, 0.5) is 4.79 Å². The monoisotopic (exact) mass is 310 g/mol. The summed E-state index contributed by atoms with van der Waals surface area (Å²) in [5.74, 6) is 0. The van der Waals surface area contributed by atoms with Crippen molar-refractivity contribution in [2.45, 2.75) is 26.4 Å². The molecule has 0 aliphatic heterocycles. The summed E-state index contributed by atoms with van der Waals surface area (Å²) >= 11 is 0. The number of nitrogens with two attached hydrogens (primary N) is 1. The van der Waals surface area contributed by atoms with Gasteiger partial charge in [0.05, 0.1) is 39.6 Å². The van der Waals surface area contributed by atoms with Gasteiger partial charge >= 0.3 is 6.09 Å². The molecule has 8 nitrogen and oxygen atoms in total. The van der Waals surface area contributed by atoms with Gasteiger partial charge in [0.25, 0.3) is 0 Å². The molecule has 0 unspecified atom stereocenters. The number of amides is 1. The molecule has 0 saturated carbocycles. The molecule has 0 spiro atoms. The second-order valence-corrected chi connectivity index (χ2v) is 4.89. The van der Waals surface area contributed by atoms with E-state index in [2.05, 4.69) is 5.32 Å². The molecule has 0 fully saturated rings. The zero-order valence-corrected chi connectivity index (χ0v) is 13.3. The second-order valence-electron chi connectivity index (χ2n) is 4.89. The van der Waals surface area contributed by atoms with Gasteiger partial charge < -0.3 is 35.5 Å². The molecule has 0 atom stereocenters.